The fraction of sp³-hybridized carbons (Fsp3) is 0.385. The van der Waals surface area contributed by atoms with Crippen molar-refractivity contribution in [3.8, 4) is 0 Å². The first-order chi connectivity index (χ1) is 8.22. The van der Waals surface area contributed by atoms with Crippen LogP contribution in [0.15, 0.2) is 18.2 Å². The number of hydrogen-bond acceptors (Lipinski definition) is 4. The van der Waals surface area contributed by atoms with Gasteiger partial charge in [-0.2, -0.15) is 0 Å². The van der Waals surface area contributed by atoms with Crippen LogP contribution in [0.5, 0.6) is 0 Å². The van der Waals surface area contributed by atoms with Crippen LogP contribution in [0, 0.1) is 0 Å². The van der Waals surface area contributed by atoms with Crippen molar-refractivity contribution in [2.45, 2.75) is 19.3 Å². The Balaban J connectivity index is 2.89. The second kappa shape index (κ2) is 6.68. The van der Waals surface area contributed by atoms with Crippen LogP contribution in [0.25, 0.3) is 0 Å². The predicted molar refractivity (Wildman–Crippen MR) is 66.3 cm³/mol. The average Bonchev–Trinajstić information content (AvgIpc) is 2.38. The van der Waals surface area contributed by atoms with Crippen LogP contribution >= 0.6 is 0 Å². The number of aryl methyl sites for hydroxylation is 1. The van der Waals surface area contributed by atoms with Gasteiger partial charge in [-0.3, -0.25) is 0 Å². The van der Waals surface area contributed by atoms with Crippen molar-refractivity contribution in [2.75, 3.05) is 19.5 Å². The molecule has 0 saturated heterocycles. The van der Waals surface area contributed by atoms with Gasteiger partial charge in [-0.15, -0.1) is 0 Å². The fourth-order valence-corrected chi connectivity index (χ4v) is 1.67. The van der Waals surface area contributed by atoms with Gasteiger partial charge in [0.05, 0.1) is 12.7 Å². The average molecular weight is 235 g/mol. The molecule has 0 aliphatic carbocycles. The molecule has 1 aromatic carbocycles. The van der Waals surface area contributed by atoms with Gasteiger partial charge in [-0.05, 0) is 36.6 Å². The minimum atomic E-state index is -0.343. The largest absolute Gasteiger partial charge is 0.465 e. The molecule has 92 valence electrons. The summed E-state index contributed by atoms with van der Waals surface area (Å²) < 4.78 is 4.67. The number of benzene rings is 1. The second-order valence-electron chi connectivity index (χ2n) is 3.67. The molecule has 0 spiro atoms. The summed E-state index contributed by atoms with van der Waals surface area (Å²) in [6.45, 7) is 0. The Labute approximate surface area is 101 Å². The van der Waals surface area contributed by atoms with Crippen LogP contribution in [0.2, 0.25) is 0 Å². The molecule has 0 atom stereocenters. The number of carbonyl (C=O) groups is 2. The Bertz CT molecular complexity index is 402. The lowest BCUT2D eigenvalue weighted by molar-refractivity contribution is -0.107. The third-order valence-corrected chi connectivity index (χ3v) is 2.56. The number of aldehydes is 1. The molecule has 0 saturated carbocycles. The molecule has 17 heavy (non-hydrogen) atoms. The molecule has 0 heterocycles. The summed E-state index contributed by atoms with van der Waals surface area (Å²) >= 11 is 0. The number of carbonyl (C=O) groups excluding carboxylic acids is 2. The minimum Gasteiger partial charge on any atom is -0.465 e. The molecule has 4 heteroatoms. The number of nitrogens with one attached hydrogen (secondary N) is 1. The summed E-state index contributed by atoms with van der Waals surface area (Å²) in [6, 6.07) is 5.38. The van der Waals surface area contributed by atoms with Crippen LogP contribution in [-0.4, -0.2) is 26.4 Å². The summed E-state index contributed by atoms with van der Waals surface area (Å²) in [4.78, 5) is 21.7. The van der Waals surface area contributed by atoms with E-state index >= 15 is 0 Å². The normalized spacial score (nSPS) is 9.76. The molecule has 0 amide bonds. The molecule has 1 aromatic rings. The maximum atomic E-state index is 11.4. The highest BCUT2D eigenvalue weighted by Crippen LogP contribution is 2.19. The van der Waals surface area contributed by atoms with E-state index in [2.05, 4.69) is 10.1 Å². The van der Waals surface area contributed by atoms with E-state index in [-0.39, 0.29) is 5.97 Å². The van der Waals surface area contributed by atoms with Crippen molar-refractivity contribution in [2.24, 2.45) is 0 Å². The minimum absolute atomic E-state index is 0.343. The zero-order valence-electron chi connectivity index (χ0n) is 10.2. The number of rotatable bonds is 6. The van der Waals surface area contributed by atoms with Gasteiger partial charge in [0, 0.05) is 19.2 Å². The Hall–Kier alpha value is -1.84. The number of anilines is 1. The lowest BCUT2D eigenvalue weighted by Gasteiger charge is -2.10. The van der Waals surface area contributed by atoms with E-state index < -0.39 is 0 Å². The number of unbranched alkanes of at least 4 members (excludes halogenated alkanes) is 1. The first-order valence-electron chi connectivity index (χ1n) is 5.55. The smallest absolute Gasteiger partial charge is 0.337 e. The zero-order chi connectivity index (χ0) is 12.7. The lowest BCUT2D eigenvalue weighted by atomic mass is 10.0. The highest BCUT2D eigenvalue weighted by atomic mass is 16.5. The van der Waals surface area contributed by atoms with E-state index in [4.69, 9.17) is 0 Å². The third-order valence-electron chi connectivity index (χ3n) is 2.56. The van der Waals surface area contributed by atoms with Crippen molar-refractivity contribution >= 4 is 17.9 Å². The topological polar surface area (TPSA) is 55.4 Å². The van der Waals surface area contributed by atoms with E-state index in [0.717, 1.165) is 30.4 Å². The lowest BCUT2D eigenvalue weighted by Crippen LogP contribution is -2.04. The monoisotopic (exact) mass is 235 g/mol. The fourth-order valence-electron chi connectivity index (χ4n) is 1.67. The summed E-state index contributed by atoms with van der Waals surface area (Å²) in [5.41, 5.74) is 2.54. The molecule has 0 aliphatic heterocycles. The quantitative estimate of drug-likeness (QED) is 0.465. The van der Waals surface area contributed by atoms with E-state index in [1.165, 1.54) is 7.11 Å². The van der Waals surface area contributed by atoms with E-state index in [1.807, 2.05) is 19.2 Å². The highest BCUT2D eigenvalue weighted by molar-refractivity contribution is 5.90. The number of hydrogen-bond donors (Lipinski definition) is 1. The van der Waals surface area contributed by atoms with Crippen molar-refractivity contribution in [3.63, 3.8) is 0 Å². The number of methoxy groups -OCH3 is 1. The maximum absolute atomic E-state index is 11.4. The van der Waals surface area contributed by atoms with Gasteiger partial charge in [-0.1, -0.05) is 0 Å². The van der Waals surface area contributed by atoms with Gasteiger partial charge < -0.3 is 14.8 Å². The van der Waals surface area contributed by atoms with Gasteiger partial charge in [0.2, 0.25) is 0 Å². The predicted octanol–water partition coefficient (Wildman–Crippen LogP) is 2.04. The Morgan fingerprint density at radius 3 is 2.82 bits per heavy atom. The van der Waals surface area contributed by atoms with Crippen LogP contribution in [0.3, 0.4) is 0 Å². The molecule has 0 radical (unpaired) electrons. The highest BCUT2D eigenvalue weighted by Gasteiger charge is 2.08. The molecular weight excluding hydrogens is 218 g/mol. The number of ether oxygens (including phenoxy) is 1. The van der Waals surface area contributed by atoms with Gasteiger partial charge in [0.25, 0.3) is 0 Å². The van der Waals surface area contributed by atoms with E-state index in [1.54, 1.807) is 6.07 Å². The van der Waals surface area contributed by atoms with Crippen molar-refractivity contribution in [1.29, 1.82) is 0 Å². The van der Waals surface area contributed by atoms with Gasteiger partial charge in [-0.25, -0.2) is 4.79 Å². The van der Waals surface area contributed by atoms with Crippen molar-refractivity contribution < 1.29 is 14.3 Å². The van der Waals surface area contributed by atoms with Crippen molar-refractivity contribution in [3.05, 3.63) is 29.3 Å². The molecule has 1 N–H and O–H groups in total. The Kier molecular flexibility index (Phi) is 5.20. The van der Waals surface area contributed by atoms with Crippen LogP contribution in [-0.2, 0) is 16.0 Å². The number of esters is 1. The maximum Gasteiger partial charge on any atom is 0.337 e. The molecule has 0 bridgehead atoms. The van der Waals surface area contributed by atoms with Gasteiger partial charge in [0.1, 0.15) is 6.29 Å². The summed E-state index contributed by atoms with van der Waals surface area (Å²) in [7, 11) is 3.19. The molecule has 1 rings (SSSR count). The van der Waals surface area contributed by atoms with E-state index in [9.17, 15) is 9.59 Å². The third kappa shape index (κ3) is 3.59. The van der Waals surface area contributed by atoms with Crippen LogP contribution < -0.4 is 5.32 Å². The standard InChI is InChI=1S/C13H17NO3/c1-14-12-7-6-11(13(16)17-2)9-10(12)5-3-4-8-15/h6-9,14H,3-5H2,1-2H3. The summed E-state index contributed by atoms with van der Waals surface area (Å²) in [5.74, 6) is -0.343. The van der Waals surface area contributed by atoms with Crippen LogP contribution in [0.1, 0.15) is 28.8 Å². The SMILES string of the molecule is CNc1ccc(C(=O)OC)cc1CCCC=O. The van der Waals surface area contributed by atoms with Crippen molar-refractivity contribution in [1.82, 2.24) is 0 Å². The summed E-state index contributed by atoms with van der Waals surface area (Å²) in [5, 5.41) is 3.07. The first kappa shape index (κ1) is 13.2. The van der Waals surface area contributed by atoms with Gasteiger partial charge in [0.15, 0.2) is 0 Å². The van der Waals surface area contributed by atoms with Crippen LogP contribution in [0.4, 0.5) is 5.69 Å². The molecule has 0 aliphatic rings. The molecular formula is C13H17NO3. The second-order valence-corrected chi connectivity index (χ2v) is 3.67. The molecule has 0 unspecified atom stereocenters. The molecule has 0 fully saturated rings. The first-order valence-corrected chi connectivity index (χ1v) is 5.55. The Morgan fingerprint density at radius 1 is 1.47 bits per heavy atom. The molecule has 0 aromatic heterocycles. The Morgan fingerprint density at radius 2 is 2.24 bits per heavy atom. The van der Waals surface area contributed by atoms with E-state index in [0.29, 0.717) is 12.0 Å². The zero-order valence-corrected chi connectivity index (χ0v) is 10.2. The summed E-state index contributed by atoms with van der Waals surface area (Å²) in [6.07, 6.45) is 2.98. The molecule has 4 nitrogen and oxygen atoms in total. The van der Waals surface area contributed by atoms with Gasteiger partial charge >= 0.3 is 5.97 Å².